The predicted molar refractivity (Wildman–Crippen MR) is 126 cm³/mol. The molecule has 2 aromatic carbocycles. The molecule has 4 rings (SSSR count). The van der Waals surface area contributed by atoms with Crippen LogP contribution in [0, 0.1) is 0 Å². The molecule has 2 aliphatic heterocycles. The number of allylic oxidation sites excluding steroid dienone is 2. The molecular weight excluding hydrogens is 404 g/mol. The highest BCUT2D eigenvalue weighted by Gasteiger charge is 2.33. The Hall–Kier alpha value is -3.08. The van der Waals surface area contributed by atoms with E-state index in [1.165, 1.54) is 5.57 Å². The van der Waals surface area contributed by atoms with Gasteiger partial charge >= 0.3 is 0 Å². The first-order valence-corrected chi connectivity index (χ1v) is 11.0. The number of aromatic hydroxyl groups is 1. The molecule has 0 spiro atoms. The summed E-state index contributed by atoms with van der Waals surface area (Å²) in [6.07, 6.45) is 7.56. The van der Waals surface area contributed by atoms with E-state index in [9.17, 15) is 5.11 Å². The Morgan fingerprint density at radius 2 is 2.00 bits per heavy atom. The number of benzene rings is 2. The molecule has 0 bridgehead atoms. The van der Waals surface area contributed by atoms with Crippen LogP contribution in [0.15, 0.2) is 35.9 Å². The standard InChI is InChI=1S/C27H32O5/c1-16(2)7-8-20-23(29-5)14-24-21(25(20)30-6)13-17(15-31-24)18-9-10-22(28)19-11-12-27(3,4)32-26(18)19/h7,9-12,14,17,28H,8,13,15H2,1-6H3. The fourth-order valence-corrected chi connectivity index (χ4v) is 4.43. The largest absolute Gasteiger partial charge is 0.507 e. The summed E-state index contributed by atoms with van der Waals surface area (Å²) in [7, 11) is 3.37. The van der Waals surface area contributed by atoms with E-state index in [0.29, 0.717) is 6.61 Å². The minimum Gasteiger partial charge on any atom is -0.507 e. The second-order valence-electron chi connectivity index (χ2n) is 9.22. The van der Waals surface area contributed by atoms with Gasteiger partial charge < -0.3 is 24.1 Å². The Labute approximate surface area is 190 Å². The number of fused-ring (bicyclic) bond motifs is 2. The van der Waals surface area contributed by atoms with Crippen molar-refractivity contribution < 1.29 is 24.1 Å². The van der Waals surface area contributed by atoms with E-state index in [-0.39, 0.29) is 11.7 Å². The van der Waals surface area contributed by atoms with Crippen LogP contribution in [-0.2, 0) is 12.8 Å². The van der Waals surface area contributed by atoms with Gasteiger partial charge in [0.2, 0.25) is 0 Å². The molecule has 0 aromatic heterocycles. The lowest BCUT2D eigenvalue weighted by molar-refractivity contribution is 0.153. The monoisotopic (exact) mass is 436 g/mol. The maximum Gasteiger partial charge on any atom is 0.135 e. The molecule has 2 heterocycles. The molecule has 2 aliphatic rings. The van der Waals surface area contributed by atoms with Crippen LogP contribution in [0.3, 0.4) is 0 Å². The number of hydrogen-bond acceptors (Lipinski definition) is 5. The van der Waals surface area contributed by atoms with Crippen molar-refractivity contribution in [3.8, 4) is 28.7 Å². The van der Waals surface area contributed by atoms with Crippen molar-refractivity contribution in [1.82, 2.24) is 0 Å². The molecule has 32 heavy (non-hydrogen) atoms. The zero-order valence-corrected chi connectivity index (χ0v) is 19.7. The van der Waals surface area contributed by atoms with E-state index >= 15 is 0 Å². The van der Waals surface area contributed by atoms with Crippen molar-refractivity contribution in [3.05, 3.63) is 58.2 Å². The molecule has 0 amide bonds. The maximum atomic E-state index is 10.4. The molecule has 1 atom stereocenters. The summed E-state index contributed by atoms with van der Waals surface area (Å²) >= 11 is 0. The fourth-order valence-electron chi connectivity index (χ4n) is 4.43. The summed E-state index contributed by atoms with van der Waals surface area (Å²) in [4.78, 5) is 0. The molecule has 5 nitrogen and oxygen atoms in total. The Bertz CT molecular complexity index is 1090. The van der Waals surface area contributed by atoms with Gasteiger partial charge in [-0.15, -0.1) is 0 Å². The van der Waals surface area contributed by atoms with Crippen LogP contribution >= 0.6 is 0 Å². The lowest BCUT2D eigenvalue weighted by Crippen LogP contribution is -2.29. The van der Waals surface area contributed by atoms with Crippen molar-refractivity contribution in [2.24, 2.45) is 0 Å². The predicted octanol–water partition coefficient (Wildman–Crippen LogP) is 5.82. The molecule has 2 aromatic rings. The quantitative estimate of drug-likeness (QED) is 0.599. The molecule has 5 heteroatoms. The van der Waals surface area contributed by atoms with Gasteiger partial charge in [-0.2, -0.15) is 0 Å². The SMILES string of the molecule is COc1cc2c(c(OC)c1CC=C(C)C)CC(c1ccc(O)c3c1OC(C)(C)C=C3)CO2. The number of rotatable bonds is 5. The Kier molecular flexibility index (Phi) is 5.85. The second-order valence-corrected chi connectivity index (χ2v) is 9.22. The molecule has 0 aliphatic carbocycles. The molecule has 0 radical (unpaired) electrons. The lowest BCUT2D eigenvalue weighted by atomic mass is 9.86. The number of phenolic OH excluding ortho intramolecular Hbond substituents is 1. The minimum absolute atomic E-state index is 0.0674. The lowest BCUT2D eigenvalue weighted by Gasteiger charge is -2.34. The zero-order valence-electron chi connectivity index (χ0n) is 19.7. The Morgan fingerprint density at radius 3 is 2.69 bits per heavy atom. The summed E-state index contributed by atoms with van der Waals surface area (Å²) in [5.41, 5.74) is 4.61. The van der Waals surface area contributed by atoms with Gasteiger partial charge in [0.15, 0.2) is 0 Å². The number of ether oxygens (including phenoxy) is 4. The first-order valence-electron chi connectivity index (χ1n) is 11.0. The van der Waals surface area contributed by atoms with Crippen molar-refractivity contribution in [1.29, 1.82) is 0 Å². The van der Waals surface area contributed by atoms with Crippen molar-refractivity contribution in [2.75, 3.05) is 20.8 Å². The average molecular weight is 437 g/mol. The van der Waals surface area contributed by atoms with Gasteiger partial charge in [-0.3, -0.25) is 0 Å². The highest BCUT2D eigenvalue weighted by molar-refractivity contribution is 5.70. The molecule has 170 valence electrons. The summed E-state index contributed by atoms with van der Waals surface area (Å²) in [5, 5.41) is 10.4. The minimum atomic E-state index is -0.439. The van der Waals surface area contributed by atoms with E-state index in [0.717, 1.165) is 58.1 Å². The number of phenols is 1. The van der Waals surface area contributed by atoms with Gasteiger partial charge in [0.25, 0.3) is 0 Å². The van der Waals surface area contributed by atoms with Crippen molar-refractivity contribution in [2.45, 2.75) is 52.1 Å². The highest BCUT2D eigenvalue weighted by Crippen LogP contribution is 2.48. The van der Waals surface area contributed by atoms with Gasteiger partial charge in [-0.05, 0) is 58.8 Å². The Morgan fingerprint density at radius 1 is 1.22 bits per heavy atom. The van der Waals surface area contributed by atoms with Crippen LogP contribution in [0.5, 0.6) is 28.7 Å². The third-order valence-corrected chi connectivity index (χ3v) is 6.09. The fraction of sp³-hybridized carbons (Fsp3) is 0.407. The summed E-state index contributed by atoms with van der Waals surface area (Å²) in [6.45, 7) is 8.70. The van der Waals surface area contributed by atoms with Gasteiger partial charge in [-0.25, -0.2) is 0 Å². The summed E-state index contributed by atoms with van der Waals surface area (Å²) in [5.74, 6) is 3.40. The van der Waals surface area contributed by atoms with Gasteiger partial charge in [0, 0.05) is 28.7 Å². The molecule has 1 unspecified atom stereocenters. The Balaban J connectivity index is 1.77. The zero-order chi connectivity index (χ0) is 23.0. The molecule has 0 saturated carbocycles. The summed E-state index contributed by atoms with van der Waals surface area (Å²) < 4.78 is 24.1. The highest BCUT2D eigenvalue weighted by atomic mass is 16.5. The van der Waals surface area contributed by atoms with Crippen LogP contribution < -0.4 is 18.9 Å². The van der Waals surface area contributed by atoms with Gasteiger partial charge in [0.05, 0.1) is 26.4 Å². The van der Waals surface area contributed by atoms with Crippen LogP contribution in [0.25, 0.3) is 6.08 Å². The molecule has 0 saturated heterocycles. The van der Waals surface area contributed by atoms with E-state index in [4.69, 9.17) is 18.9 Å². The third kappa shape index (κ3) is 4.04. The van der Waals surface area contributed by atoms with E-state index < -0.39 is 5.60 Å². The first kappa shape index (κ1) is 22.1. The molecule has 0 fully saturated rings. The van der Waals surface area contributed by atoms with Crippen LogP contribution in [0.1, 0.15) is 55.9 Å². The van der Waals surface area contributed by atoms with E-state index in [2.05, 4.69) is 19.9 Å². The normalized spacial score (nSPS) is 18.0. The van der Waals surface area contributed by atoms with Crippen molar-refractivity contribution in [3.63, 3.8) is 0 Å². The summed E-state index contributed by atoms with van der Waals surface area (Å²) in [6, 6.07) is 5.65. The smallest absolute Gasteiger partial charge is 0.135 e. The first-order chi connectivity index (χ1) is 15.2. The third-order valence-electron chi connectivity index (χ3n) is 6.09. The van der Waals surface area contributed by atoms with E-state index in [1.807, 2.05) is 38.1 Å². The van der Waals surface area contributed by atoms with Crippen molar-refractivity contribution >= 4 is 6.08 Å². The number of hydrogen-bond donors (Lipinski definition) is 1. The van der Waals surface area contributed by atoms with Crippen LogP contribution in [0.2, 0.25) is 0 Å². The molecular formula is C27H32O5. The van der Waals surface area contributed by atoms with Gasteiger partial charge in [0.1, 0.15) is 34.3 Å². The van der Waals surface area contributed by atoms with Crippen LogP contribution in [-0.4, -0.2) is 31.5 Å². The maximum absolute atomic E-state index is 10.4. The van der Waals surface area contributed by atoms with Crippen LogP contribution in [0.4, 0.5) is 0 Å². The molecule has 1 N–H and O–H groups in total. The topological polar surface area (TPSA) is 57.2 Å². The average Bonchev–Trinajstić information content (AvgIpc) is 2.75. The second kappa shape index (κ2) is 8.45. The van der Waals surface area contributed by atoms with E-state index in [1.54, 1.807) is 20.3 Å². The van der Waals surface area contributed by atoms with Gasteiger partial charge in [-0.1, -0.05) is 17.7 Å². The number of methoxy groups -OCH3 is 2.